The van der Waals surface area contributed by atoms with Gasteiger partial charge in [-0.1, -0.05) is 44.9 Å². The van der Waals surface area contributed by atoms with Gasteiger partial charge in [0.05, 0.1) is 6.61 Å². The Bertz CT molecular complexity index is 360. The molecule has 0 atom stereocenters. The summed E-state index contributed by atoms with van der Waals surface area (Å²) in [5.41, 5.74) is 1.43. The highest BCUT2D eigenvalue weighted by Gasteiger charge is 2.14. The van der Waals surface area contributed by atoms with Crippen molar-refractivity contribution in [3.8, 4) is 5.75 Å². The lowest BCUT2D eigenvalue weighted by Crippen LogP contribution is -2.37. The Labute approximate surface area is 118 Å². The second-order valence-electron chi connectivity index (χ2n) is 5.75. The maximum Gasteiger partial charge on any atom is 0.123 e. The van der Waals surface area contributed by atoms with Crippen LogP contribution in [0.5, 0.6) is 5.75 Å². The van der Waals surface area contributed by atoms with Gasteiger partial charge in [-0.3, -0.25) is 0 Å². The fraction of sp³-hybridized carbons (Fsp3) is 0.647. The Morgan fingerprint density at radius 1 is 1.11 bits per heavy atom. The van der Waals surface area contributed by atoms with Gasteiger partial charge in [-0.25, -0.2) is 0 Å². The lowest BCUT2D eigenvalue weighted by atomic mass is 10.0. The van der Waals surface area contributed by atoms with E-state index in [1.807, 2.05) is 6.07 Å². The molecule has 0 radical (unpaired) electrons. The number of nitrogens with one attached hydrogen (secondary N) is 1. The molecule has 0 aliphatic carbocycles. The molecule has 2 nitrogen and oxygen atoms in total. The molecule has 0 bridgehead atoms. The molecule has 1 aromatic carbocycles. The van der Waals surface area contributed by atoms with Gasteiger partial charge in [0.1, 0.15) is 5.75 Å². The van der Waals surface area contributed by atoms with Crippen LogP contribution in [0.25, 0.3) is 0 Å². The third-order valence-corrected chi connectivity index (χ3v) is 3.62. The van der Waals surface area contributed by atoms with Crippen LogP contribution in [0, 0.1) is 0 Å². The number of rotatable bonds is 9. The van der Waals surface area contributed by atoms with E-state index in [1.54, 1.807) is 0 Å². The van der Waals surface area contributed by atoms with Crippen LogP contribution >= 0.6 is 0 Å². The Morgan fingerprint density at radius 3 is 2.53 bits per heavy atom. The lowest BCUT2D eigenvalue weighted by molar-refractivity contribution is 0.299. The first-order valence-electron chi connectivity index (χ1n) is 7.55. The van der Waals surface area contributed by atoms with E-state index in [4.69, 9.17) is 4.74 Å². The molecule has 2 heteroatoms. The van der Waals surface area contributed by atoms with E-state index >= 15 is 0 Å². The van der Waals surface area contributed by atoms with E-state index < -0.39 is 0 Å². The smallest absolute Gasteiger partial charge is 0.123 e. The number of hydrogen-bond donors (Lipinski definition) is 1. The minimum atomic E-state index is 0.176. The molecule has 108 valence electrons. The molecule has 1 rings (SSSR count). The van der Waals surface area contributed by atoms with Crippen LogP contribution in [-0.4, -0.2) is 12.1 Å². The van der Waals surface area contributed by atoms with E-state index in [1.165, 1.54) is 18.4 Å². The van der Waals surface area contributed by atoms with Crippen LogP contribution in [0.2, 0.25) is 0 Å². The van der Waals surface area contributed by atoms with E-state index in [0.717, 1.165) is 31.7 Å². The van der Waals surface area contributed by atoms with Gasteiger partial charge in [-0.2, -0.15) is 0 Å². The van der Waals surface area contributed by atoms with Gasteiger partial charge in [0.2, 0.25) is 0 Å². The molecule has 0 amide bonds. The Hall–Kier alpha value is -1.02. The summed E-state index contributed by atoms with van der Waals surface area (Å²) in [6, 6.07) is 8.34. The summed E-state index contributed by atoms with van der Waals surface area (Å²) in [7, 11) is 0. The van der Waals surface area contributed by atoms with Crippen LogP contribution in [0.4, 0.5) is 0 Å². The summed E-state index contributed by atoms with van der Waals surface area (Å²) in [5, 5.41) is 3.59. The molecule has 19 heavy (non-hydrogen) atoms. The third kappa shape index (κ3) is 6.11. The molecule has 1 aromatic rings. The number of para-hydroxylation sites is 1. The van der Waals surface area contributed by atoms with Crippen molar-refractivity contribution >= 4 is 0 Å². The molecular formula is C17H29NO. The molecule has 0 saturated carbocycles. The SMILES string of the molecule is CCCCCOc1ccccc1CNC(C)(C)CC. The average Bonchev–Trinajstić information content (AvgIpc) is 2.42. The van der Waals surface area contributed by atoms with Gasteiger partial charge in [0, 0.05) is 17.6 Å². The average molecular weight is 263 g/mol. The molecule has 0 unspecified atom stereocenters. The highest BCUT2D eigenvalue weighted by Crippen LogP contribution is 2.19. The lowest BCUT2D eigenvalue weighted by Gasteiger charge is -2.25. The number of ether oxygens (including phenoxy) is 1. The predicted molar refractivity (Wildman–Crippen MR) is 82.7 cm³/mol. The fourth-order valence-electron chi connectivity index (χ4n) is 1.78. The first kappa shape index (κ1) is 16.0. The number of benzene rings is 1. The minimum Gasteiger partial charge on any atom is -0.493 e. The molecule has 0 saturated heterocycles. The van der Waals surface area contributed by atoms with Crippen molar-refractivity contribution < 1.29 is 4.74 Å². The molecule has 0 spiro atoms. The van der Waals surface area contributed by atoms with Crippen LogP contribution < -0.4 is 10.1 Å². The maximum absolute atomic E-state index is 5.90. The third-order valence-electron chi connectivity index (χ3n) is 3.62. The summed E-state index contributed by atoms with van der Waals surface area (Å²) in [6.07, 6.45) is 4.73. The standard InChI is InChI=1S/C17H29NO/c1-5-7-10-13-19-16-12-9-8-11-15(16)14-18-17(3,4)6-2/h8-9,11-12,18H,5-7,10,13-14H2,1-4H3. The zero-order valence-corrected chi connectivity index (χ0v) is 13.0. The summed E-state index contributed by atoms with van der Waals surface area (Å²) in [5.74, 6) is 1.03. The largest absolute Gasteiger partial charge is 0.493 e. The van der Waals surface area contributed by atoms with Gasteiger partial charge in [-0.15, -0.1) is 0 Å². The van der Waals surface area contributed by atoms with E-state index in [2.05, 4.69) is 51.2 Å². The molecule has 0 aromatic heterocycles. The Kier molecular flexibility index (Phi) is 6.93. The quantitative estimate of drug-likeness (QED) is 0.661. The molecule has 0 heterocycles. The monoisotopic (exact) mass is 263 g/mol. The van der Waals surface area contributed by atoms with Gasteiger partial charge in [-0.05, 0) is 32.8 Å². The van der Waals surface area contributed by atoms with Gasteiger partial charge >= 0.3 is 0 Å². The van der Waals surface area contributed by atoms with Crippen LogP contribution in [0.3, 0.4) is 0 Å². The summed E-state index contributed by atoms with van der Waals surface area (Å²) < 4.78 is 5.90. The molecule has 0 aliphatic heterocycles. The van der Waals surface area contributed by atoms with Crippen LogP contribution in [0.15, 0.2) is 24.3 Å². The highest BCUT2D eigenvalue weighted by atomic mass is 16.5. The molecule has 0 fully saturated rings. The highest BCUT2D eigenvalue weighted by molar-refractivity contribution is 5.33. The second-order valence-corrected chi connectivity index (χ2v) is 5.75. The molecular weight excluding hydrogens is 234 g/mol. The predicted octanol–water partition coefficient (Wildman–Crippen LogP) is 4.53. The zero-order chi connectivity index (χ0) is 14.1. The molecule has 0 aliphatic rings. The van der Waals surface area contributed by atoms with E-state index in [9.17, 15) is 0 Å². The second kappa shape index (κ2) is 8.21. The normalized spacial score (nSPS) is 11.6. The fourth-order valence-corrected chi connectivity index (χ4v) is 1.78. The topological polar surface area (TPSA) is 21.3 Å². The minimum absolute atomic E-state index is 0.176. The zero-order valence-electron chi connectivity index (χ0n) is 13.0. The summed E-state index contributed by atoms with van der Waals surface area (Å²) >= 11 is 0. The molecule has 1 N–H and O–H groups in total. The first-order chi connectivity index (χ1) is 9.09. The summed E-state index contributed by atoms with van der Waals surface area (Å²) in [4.78, 5) is 0. The van der Waals surface area contributed by atoms with Crippen molar-refractivity contribution in [3.05, 3.63) is 29.8 Å². The van der Waals surface area contributed by atoms with Gasteiger partial charge in [0.15, 0.2) is 0 Å². The van der Waals surface area contributed by atoms with Crippen molar-refractivity contribution in [2.45, 2.75) is 65.5 Å². The van der Waals surface area contributed by atoms with Gasteiger partial charge < -0.3 is 10.1 Å². The van der Waals surface area contributed by atoms with Crippen molar-refractivity contribution in [2.24, 2.45) is 0 Å². The maximum atomic E-state index is 5.90. The van der Waals surface area contributed by atoms with Crippen molar-refractivity contribution in [1.29, 1.82) is 0 Å². The summed E-state index contributed by atoms with van der Waals surface area (Å²) in [6.45, 7) is 10.6. The van der Waals surface area contributed by atoms with Crippen molar-refractivity contribution in [3.63, 3.8) is 0 Å². The Balaban J connectivity index is 2.53. The van der Waals surface area contributed by atoms with Crippen molar-refractivity contribution in [1.82, 2.24) is 5.32 Å². The number of unbranched alkanes of at least 4 members (excludes halogenated alkanes) is 2. The van der Waals surface area contributed by atoms with Crippen molar-refractivity contribution in [2.75, 3.05) is 6.61 Å². The number of hydrogen-bond acceptors (Lipinski definition) is 2. The van der Waals surface area contributed by atoms with Crippen LogP contribution in [-0.2, 0) is 6.54 Å². The van der Waals surface area contributed by atoms with E-state index in [0.29, 0.717) is 0 Å². The first-order valence-corrected chi connectivity index (χ1v) is 7.55. The van der Waals surface area contributed by atoms with Crippen LogP contribution in [0.1, 0.15) is 58.9 Å². The van der Waals surface area contributed by atoms with Gasteiger partial charge in [0.25, 0.3) is 0 Å². The van der Waals surface area contributed by atoms with E-state index in [-0.39, 0.29) is 5.54 Å². The Morgan fingerprint density at radius 2 is 1.84 bits per heavy atom.